The number of halogens is 6. The number of aryl methyl sites for hydroxylation is 1. The van der Waals surface area contributed by atoms with Crippen molar-refractivity contribution >= 4 is 23.4 Å². The third kappa shape index (κ3) is 6.78. The van der Waals surface area contributed by atoms with E-state index in [1.807, 2.05) is 6.92 Å². The normalized spacial score (nSPS) is 12.6. The molecule has 2 heterocycles. The molecular formula is C18H15F6N5O4. The van der Waals surface area contributed by atoms with Crippen LogP contribution < -0.4 is 5.32 Å². The molecule has 3 rings (SSSR count). The van der Waals surface area contributed by atoms with E-state index in [-0.39, 0.29) is 18.0 Å². The lowest BCUT2D eigenvalue weighted by atomic mass is 9.98. The molecule has 3 N–H and O–H groups in total. The van der Waals surface area contributed by atoms with E-state index >= 15 is 0 Å². The maximum atomic E-state index is 12.9. The number of fused-ring (bicyclic) bond motifs is 1. The topological polar surface area (TPSA) is 130 Å². The molecule has 0 spiro atoms. The van der Waals surface area contributed by atoms with Crippen molar-refractivity contribution in [1.29, 1.82) is 0 Å². The van der Waals surface area contributed by atoms with Crippen LogP contribution in [0, 0.1) is 6.92 Å². The Morgan fingerprint density at radius 3 is 2.06 bits per heavy atom. The van der Waals surface area contributed by atoms with Gasteiger partial charge in [0, 0.05) is 6.54 Å². The van der Waals surface area contributed by atoms with Crippen LogP contribution in [0.3, 0.4) is 0 Å². The second-order valence-corrected chi connectivity index (χ2v) is 6.50. The third-order valence-corrected chi connectivity index (χ3v) is 4.02. The Balaban J connectivity index is 0.000000479. The van der Waals surface area contributed by atoms with Gasteiger partial charge in [-0.25, -0.2) is 4.79 Å². The molecule has 1 aromatic carbocycles. The molecule has 0 aliphatic carbocycles. The molecule has 15 heteroatoms. The van der Waals surface area contributed by atoms with Gasteiger partial charge in [-0.3, -0.25) is 4.79 Å². The van der Waals surface area contributed by atoms with Crippen molar-refractivity contribution in [1.82, 2.24) is 19.8 Å². The monoisotopic (exact) mass is 479 g/mol. The Hall–Kier alpha value is -3.91. The van der Waals surface area contributed by atoms with Gasteiger partial charge in [0.25, 0.3) is 5.82 Å². The van der Waals surface area contributed by atoms with Gasteiger partial charge < -0.3 is 15.5 Å². The summed E-state index contributed by atoms with van der Waals surface area (Å²) in [5, 5.41) is 29.6. The molecule has 0 bridgehead atoms. The number of aliphatic carboxylic acids is 2. The molecule has 0 amide bonds. The van der Waals surface area contributed by atoms with Crippen molar-refractivity contribution in [3.05, 3.63) is 53.3 Å². The number of carbonyl (C=O) groups is 2. The first-order valence-electron chi connectivity index (χ1n) is 8.83. The number of hydrogen-bond acceptors (Lipinski definition) is 6. The number of carboxylic acids is 2. The number of rotatable bonds is 5. The molecule has 178 valence electrons. The largest absolute Gasteiger partial charge is 0.490 e. The van der Waals surface area contributed by atoms with Crippen molar-refractivity contribution in [3.63, 3.8) is 0 Å². The highest BCUT2D eigenvalue weighted by atomic mass is 19.4. The molecule has 0 saturated heterocycles. The summed E-state index contributed by atoms with van der Waals surface area (Å²) in [6, 6.07) is 9.73. The molecule has 0 fully saturated rings. The molecule has 2 aromatic heterocycles. The standard InChI is InChI=1S/C16H14F3N5O2.C2HF3O2/c1-9-2-4-10(5-3-9)11(14(25)26)8-20-12-6-7-13-21-22-15(16(17,18)19)24(13)23-12;3-2(4,5)1(6)7/h2-7,11H,8H2,1H3,(H,20,23)(H,25,26);(H,6,7). The van der Waals surface area contributed by atoms with E-state index in [4.69, 9.17) is 9.90 Å². The van der Waals surface area contributed by atoms with Gasteiger partial charge >= 0.3 is 24.3 Å². The maximum Gasteiger partial charge on any atom is 0.490 e. The SMILES string of the molecule is Cc1ccc(C(CNc2ccc3nnc(C(F)(F)F)n3n2)C(=O)O)cc1.O=C(O)C(F)(F)F. The van der Waals surface area contributed by atoms with Gasteiger partial charge in [0.05, 0.1) is 5.92 Å². The van der Waals surface area contributed by atoms with Gasteiger partial charge in [-0.1, -0.05) is 29.8 Å². The van der Waals surface area contributed by atoms with Crippen molar-refractivity contribution in [2.45, 2.75) is 25.2 Å². The summed E-state index contributed by atoms with van der Waals surface area (Å²) >= 11 is 0. The Kier molecular flexibility index (Phi) is 7.45. The zero-order valence-electron chi connectivity index (χ0n) is 16.5. The zero-order chi connectivity index (χ0) is 25.0. The highest BCUT2D eigenvalue weighted by Crippen LogP contribution is 2.27. The average molecular weight is 479 g/mol. The van der Waals surface area contributed by atoms with Crippen molar-refractivity contribution < 1.29 is 46.1 Å². The first-order chi connectivity index (χ1) is 15.2. The van der Waals surface area contributed by atoms with Crippen LogP contribution in [0.4, 0.5) is 32.2 Å². The van der Waals surface area contributed by atoms with E-state index in [1.54, 1.807) is 24.3 Å². The smallest absolute Gasteiger partial charge is 0.481 e. The quantitative estimate of drug-likeness (QED) is 0.475. The summed E-state index contributed by atoms with van der Waals surface area (Å²) in [6.07, 6.45) is -9.78. The van der Waals surface area contributed by atoms with Crippen molar-refractivity contribution in [3.8, 4) is 0 Å². The molecule has 1 atom stereocenters. The van der Waals surface area contributed by atoms with Crippen LogP contribution >= 0.6 is 0 Å². The number of benzene rings is 1. The van der Waals surface area contributed by atoms with Gasteiger partial charge in [-0.2, -0.15) is 30.9 Å². The van der Waals surface area contributed by atoms with E-state index in [9.17, 15) is 36.2 Å². The number of anilines is 1. The Labute approximate surface area is 180 Å². The minimum Gasteiger partial charge on any atom is -0.481 e. The van der Waals surface area contributed by atoms with Crippen LogP contribution in [0.25, 0.3) is 5.65 Å². The van der Waals surface area contributed by atoms with Gasteiger partial charge in [0.2, 0.25) is 0 Å². The maximum absolute atomic E-state index is 12.9. The van der Waals surface area contributed by atoms with Crippen LogP contribution in [0.1, 0.15) is 22.9 Å². The van der Waals surface area contributed by atoms with E-state index < -0.39 is 36.0 Å². The molecule has 1 unspecified atom stereocenters. The molecule has 33 heavy (non-hydrogen) atoms. The number of hydrogen-bond donors (Lipinski definition) is 3. The second-order valence-electron chi connectivity index (χ2n) is 6.50. The molecule has 3 aromatic rings. The van der Waals surface area contributed by atoms with Gasteiger partial charge in [-0.05, 0) is 24.6 Å². The Morgan fingerprint density at radius 2 is 1.58 bits per heavy atom. The highest BCUT2D eigenvalue weighted by Gasteiger charge is 2.38. The number of nitrogens with zero attached hydrogens (tertiary/aromatic N) is 4. The molecule has 9 nitrogen and oxygen atoms in total. The number of aromatic nitrogens is 4. The Morgan fingerprint density at radius 1 is 1.00 bits per heavy atom. The fourth-order valence-electron chi connectivity index (χ4n) is 2.41. The third-order valence-electron chi connectivity index (χ3n) is 4.02. The predicted octanol–water partition coefficient (Wildman–Crippen LogP) is 3.37. The van der Waals surface area contributed by atoms with E-state index in [0.29, 0.717) is 10.1 Å². The van der Waals surface area contributed by atoms with Crippen LogP contribution in [-0.2, 0) is 15.8 Å². The van der Waals surface area contributed by atoms with Crippen LogP contribution in [0.2, 0.25) is 0 Å². The lowest BCUT2D eigenvalue weighted by Crippen LogP contribution is -2.22. The highest BCUT2D eigenvalue weighted by molar-refractivity contribution is 5.77. The first kappa shape index (κ1) is 25.4. The van der Waals surface area contributed by atoms with Crippen molar-refractivity contribution in [2.24, 2.45) is 0 Å². The molecular weight excluding hydrogens is 464 g/mol. The van der Waals surface area contributed by atoms with Crippen LogP contribution in [0.5, 0.6) is 0 Å². The van der Waals surface area contributed by atoms with Gasteiger partial charge in [0.15, 0.2) is 5.65 Å². The van der Waals surface area contributed by atoms with Gasteiger partial charge in [-0.15, -0.1) is 15.3 Å². The second kappa shape index (κ2) is 9.70. The predicted molar refractivity (Wildman–Crippen MR) is 99.5 cm³/mol. The summed E-state index contributed by atoms with van der Waals surface area (Å²) in [5.41, 5.74) is 1.51. The van der Waals surface area contributed by atoms with E-state index in [0.717, 1.165) is 5.56 Å². The number of alkyl halides is 6. The van der Waals surface area contributed by atoms with Crippen LogP contribution in [-0.4, -0.2) is 54.7 Å². The van der Waals surface area contributed by atoms with E-state index in [1.165, 1.54) is 12.1 Å². The fraction of sp³-hybridized carbons (Fsp3) is 0.278. The summed E-state index contributed by atoms with van der Waals surface area (Å²) < 4.78 is 71.0. The minimum absolute atomic E-state index is 0.0413. The summed E-state index contributed by atoms with van der Waals surface area (Å²) in [7, 11) is 0. The van der Waals surface area contributed by atoms with Gasteiger partial charge in [0.1, 0.15) is 5.82 Å². The summed E-state index contributed by atoms with van der Waals surface area (Å²) in [6.45, 7) is 1.84. The minimum atomic E-state index is -5.08. The lowest BCUT2D eigenvalue weighted by Gasteiger charge is -2.14. The van der Waals surface area contributed by atoms with Crippen LogP contribution in [0.15, 0.2) is 36.4 Å². The Bertz CT molecular complexity index is 1130. The zero-order valence-corrected chi connectivity index (χ0v) is 16.5. The first-order valence-corrected chi connectivity index (χ1v) is 8.83. The summed E-state index contributed by atoms with van der Waals surface area (Å²) in [4.78, 5) is 20.4. The molecule has 0 radical (unpaired) electrons. The van der Waals surface area contributed by atoms with Crippen molar-refractivity contribution in [2.75, 3.05) is 11.9 Å². The fourth-order valence-corrected chi connectivity index (χ4v) is 2.41. The molecule has 0 saturated carbocycles. The number of carboxylic acid groups (broad SMARTS) is 2. The summed E-state index contributed by atoms with van der Waals surface area (Å²) in [5.74, 6) is -5.85. The average Bonchev–Trinajstić information content (AvgIpc) is 3.12. The van der Waals surface area contributed by atoms with E-state index in [2.05, 4.69) is 20.6 Å². The lowest BCUT2D eigenvalue weighted by molar-refractivity contribution is -0.192. The molecule has 0 aliphatic rings. The molecule has 0 aliphatic heterocycles. The number of nitrogens with one attached hydrogen (secondary N) is 1.